The van der Waals surface area contributed by atoms with Gasteiger partial charge in [0, 0.05) is 5.69 Å². The number of ether oxygens (including phenoxy) is 2. The summed E-state index contributed by atoms with van der Waals surface area (Å²) in [7, 11) is 0. The molecule has 6 nitrogen and oxygen atoms in total. The molecule has 2 rings (SSSR count). The number of hydrogen-bond acceptors (Lipinski definition) is 5. The number of anilines is 1. The van der Waals surface area contributed by atoms with Crippen molar-refractivity contribution in [3.63, 3.8) is 0 Å². The number of nitrogens with one attached hydrogen (secondary N) is 1. The van der Waals surface area contributed by atoms with E-state index in [0.717, 1.165) is 11.1 Å². The lowest BCUT2D eigenvalue weighted by molar-refractivity contribution is -0.146. The number of carbonyl (C=O) groups excluding carboxylic acids is 3. The monoisotopic (exact) mass is 369 g/mol. The lowest BCUT2D eigenvalue weighted by Crippen LogP contribution is -2.21. The van der Waals surface area contributed by atoms with Crippen molar-refractivity contribution in [2.24, 2.45) is 0 Å². The van der Waals surface area contributed by atoms with Gasteiger partial charge in [0.2, 0.25) is 0 Å². The highest BCUT2D eigenvalue weighted by molar-refractivity contribution is 5.94. The van der Waals surface area contributed by atoms with Crippen LogP contribution in [0.5, 0.6) is 0 Å². The Bertz CT molecular complexity index is 794. The van der Waals surface area contributed by atoms with E-state index in [1.807, 2.05) is 31.2 Å². The number of esters is 2. The molecular weight excluding hydrogens is 346 g/mol. The first-order valence-corrected chi connectivity index (χ1v) is 8.65. The number of rotatable bonds is 7. The first-order chi connectivity index (χ1) is 12.8. The summed E-state index contributed by atoms with van der Waals surface area (Å²) in [5, 5.41) is 2.61. The molecule has 6 heteroatoms. The molecule has 1 amide bonds. The Morgan fingerprint density at radius 1 is 0.963 bits per heavy atom. The topological polar surface area (TPSA) is 81.7 Å². The molecule has 2 aromatic rings. The Balaban J connectivity index is 1.78. The van der Waals surface area contributed by atoms with Crippen molar-refractivity contribution < 1.29 is 23.9 Å². The van der Waals surface area contributed by atoms with Crippen molar-refractivity contribution in [3.8, 4) is 0 Å². The van der Waals surface area contributed by atoms with Crippen LogP contribution in [-0.4, -0.2) is 30.6 Å². The normalized spacial score (nSPS) is 10.4. The van der Waals surface area contributed by atoms with Crippen LogP contribution >= 0.6 is 0 Å². The number of amides is 1. The van der Waals surface area contributed by atoms with Crippen molar-refractivity contribution in [2.45, 2.75) is 33.3 Å². The molecule has 0 saturated carbocycles. The molecule has 0 fully saturated rings. The minimum atomic E-state index is -0.471. The average Bonchev–Trinajstić information content (AvgIpc) is 2.62. The van der Waals surface area contributed by atoms with Crippen LogP contribution in [0.2, 0.25) is 0 Å². The zero-order valence-corrected chi connectivity index (χ0v) is 15.7. The standard InChI is InChI=1S/C21H23NO5/c1-14(2)27-21(25)17-8-10-18(11-9-17)22-19(23)13-26-20(24)12-16-6-4-15(3)5-7-16/h4-11,14H,12-13H2,1-3H3,(H,22,23). The fourth-order valence-electron chi connectivity index (χ4n) is 2.24. The molecule has 0 heterocycles. The third-order valence-electron chi connectivity index (χ3n) is 3.58. The van der Waals surface area contributed by atoms with E-state index in [2.05, 4.69) is 5.32 Å². The number of hydrogen-bond donors (Lipinski definition) is 1. The first-order valence-electron chi connectivity index (χ1n) is 8.65. The van der Waals surface area contributed by atoms with Gasteiger partial charge < -0.3 is 14.8 Å². The van der Waals surface area contributed by atoms with Gasteiger partial charge in [-0.1, -0.05) is 29.8 Å². The fourth-order valence-corrected chi connectivity index (χ4v) is 2.24. The highest BCUT2D eigenvalue weighted by Gasteiger charge is 2.11. The van der Waals surface area contributed by atoms with Crippen molar-refractivity contribution in [1.29, 1.82) is 0 Å². The molecule has 0 radical (unpaired) electrons. The SMILES string of the molecule is Cc1ccc(CC(=O)OCC(=O)Nc2ccc(C(=O)OC(C)C)cc2)cc1. The summed E-state index contributed by atoms with van der Waals surface area (Å²) >= 11 is 0. The summed E-state index contributed by atoms with van der Waals surface area (Å²) in [5.74, 6) is -1.35. The summed E-state index contributed by atoms with van der Waals surface area (Å²) in [6.07, 6.45) is -0.0910. The smallest absolute Gasteiger partial charge is 0.338 e. The van der Waals surface area contributed by atoms with E-state index in [0.29, 0.717) is 11.3 Å². The van der Waals surface area contributed by atoms with Gasteiger partial charge in [-0.3, -0.25) is 9.59 Å². The second-order valence-electron chi connectivity index (χ2n) is 6.40. The summed E-state index contributed by atoms with van der Waals surface area (Å²) in [4.78, 5) is 35.5. The molecule has 0 atom stereocenters. The second kappa shape index (κ2) is 9.52. The maximum Gasteiger partial charge on any atom is 0.338 e. The van der Waals surface area contributed by atoms with Crippen LogP contribution in [0.1, 0.15) is 35.3 Å². The summed E-state index contributed by atoms with van der Waals surface area (Å²) in [6, 6.07) is 13.8. The number of benzene rings is 2. The lowest BCUT2D eigenvalue weighted by atomic mass is 10.1. The first kappa shape index (κ1) is 20.2. The van der Waals surface area contributed by atoms with Crippen LogP contribution in [0.25, 0.3) is 0 Å². The molecule has 0 aliphatic rings. The minimum absolute atomic E-state index is 0.111. The predicted octanol–water partition coefficient (Wildman–Crippen LogP) is 3.28. The van der Waals surface area contributed by atoms with E-state index in [1.54, 1.807) is 38.1 Å². The van der Waals surface area contributed by atoms with Crippen LogP contribution in [0.3, 0.4) is 0 Å². The van der Waals surface area contributed by atoms with Crippen LogP contribution < -0.4 is 5.32 Å². The van der Waals surface area contributed by atoms with Gasteiger partial charge in [0.25, 0.3) is 5.91 Å². The van der Waals surface area contributed by atoms with Crippen LogP contribution in [-0.2, 0) is 25.5 Å². The Hall–Kier alpha value is -3.15. The molecule has 0 spiro atoms. The van der Waals surface area contributed by atoms with Gasteiger partial charge in [0.1, 0.15) is 0 Å². The Morgan fingerprint density at radius 2 is 1.59 bits per heavy atom. The van der Waals surface area contributed by atoms with Crippen molar-refractivity contribution in [1.82, 2.24) is 0 Å². The molecule has 0 aliphatic carbocycles. The number of aryl methyl sites for hydroxylation is 1. The van der Waals surface area contributed by atoms with E-state index in [4.69, 9.17) is 9.47 Å². The average molecular weight is 369 g/mol. The van der Waals surface area contributed by atoms with Gasteiger partial charge in [-0.2, -0.15) is 0 Å². The molecule has 0 saturated heterocycles. The maximum absolute atomic E-state index is 11.9. The van der Waals surface area contributed by atoms with Crippen molar-refractivity contribution in [3.05, 3.63) is 65.2 Å². The summed E-state index contributed by atoms with van der Waals surface area (Å²) < 4.78 is 10.1. The largest absolute Gasteiger partial charge is 0.459 e. The summed E-state index contributed by atoms with van der Waals surface area (Å²) in [5.41, 5.74) is 2.83. The van der Waals surface area contributed by atoms with Crippen molar-refractivity contribution in [2.75, 3.05) is 11.9 Å². The van der Waals surface area contributed by atoms with E-state index in [1.165, 1.54) is 0 Å². The zero-order valence-electron chi connectivity index (χ0n) is 15.7. The Kier molecular flexibility index (Phi) is 7.11. The zero-order chi connectivity index (χ0) is 19.8. The molecule has 0 aliphatic heterocycles. The van der Waals surface area contributed by atoms with Gasteiger partial charge in [-0.05, 0) is 50.6 Å². The molecular formula is C21H23NO5. The lowest BCUT2D eigenvalue weighted by Gasteiger charge is -2.09. The third-order valence-corrected chi connectivity index (χ3v) is 3.58. The highest BCUT2D eigenvalue weighted by atomic mass is 16.5. The Labute approximate surface area is 158 Å². The van der Waals surface area contributed by atoms with Gasteiger partial charge in [0.15, 0.2) is 6.61 Å². The van der Waals surface area contributed by atoms with Crippen molar-refractivity contribution >= 4 is 23.5 Å². The Morgan fingerprint density at radius 3 is 2.19 bits per heavy atom. The fraction of sp³-hybridized carbons (Fsp3) is 0.286. The second-order valence-corrected chi connectivity index (χ2v) is 6.40. The van der Waals surface area contributed by atoms with Crippen LogP contribution in [0.4, 0.5) is 5.69 Å². The van der Waals surface area contributed by atoms with Gasteiger partial charge in [0.05, 0.1) is 18.1 Å². The molecule has 1 N–H and O–H groups in total. The highest BCUT2D eigenvalue weighted by Crippen LogP contribution is 2.11. The number of carbonyl (C=O) groups is 3. The quantitative estimate of drug-likeness (QED) is 0.758. The van der Waals surface area contributed by atoms with Gasteiger partial charge in [-0.25, -0.2) is 4.79 Å². The van der Waals surface area contributed by atoms with E-state index in [9.17, 15) is 14.4 Å². The molecule has 0 bridgehead atoms. The molecule has 0 aromatic heterocycles. The van der Waals surface area contributed by atoms with E-state index < -0.39 is 17.8 Å². The molecule has 0 unspecified atom stereocenters. The van der Waals surface area contributed by atoms with Crippen LogP contribution in [0.15, 0.2) is 48.5 Å². The molecule has 2 aromatic carbocycles. The predicted molar refractivity (Wildman–Crippen MR) is 101 cm³/mol. The van der Waals surface area contributed by atoms with Gasteiger partial charge >= 0.3 is 11.9 Å². The molecule has 142 valence electrons. The molecule has 27 heavy (non-hydrogen) atoms. The van der Waals surface area contributed by atoms with E-state index >= 15 is 0 Å². The third kappa shape index (κ3) is 6.93. The van der Waals surface area contributed by atoms with Crippen LogP contribution in [0, 0.1) is 6.92 Å². The van der Waals surface area contributed by atoms with E-state index in [-0.39, 0.29) is 19.1 Å². The maximum atomic E-state index is 11.9. The summed E-state index contributed by atoms with van der Waals surface area (Å²) in [6.45, 7) is 5.13. The minimum Gasteiger partial charge on any atom is -0.459 e. The van der Waals surface area contributed by atoms with Gasteiger partial charge in [-0.15, -0.1) is 0 Å².